The molecule has 1 aliphatic rings. The summed E-state index contributed by atoms with van der Waals surface area (Å²) in [7, 11) is 4.35. The first-order valence-electron chi connectivity index (χ1n) is 7.07. The Hall–Kier alpha value is -1.13. The summed E-state index contributed by atoms with van der Waals surface area (Å²) in [6, 6.07) is 8.30. The lowest BCUT2D eigenvalue weighted by Crippen LogP contribution is -2.54. The quantitative estimate of drug-likeness (QED) is 0.919. The van der Waals surface area contributed by atoms with Gasteiger partial charge in [-0.2, -0.15) is 0 Å². The Morgan fingerprint density at radius 3 is 2.70 bits per heavy atom. The van der Waals surface area contributed by atoms with Crippen LogP contribution in [0.2, 0.25) is 0 Å². The summed E-state index contributed by atoms with van der Waals surface area (Å²) in [4.78, 5) is 6.87. The number of aromatic nitrogens is 1. The first-order valence-corrected chi connectivity index (χ1v) is 7.86. The van der Waals surface area contributed by atoms with Crippen molar-refractivity contribution in [1.29, 1.82) is 0 Å². The zero-order valence-corrected chi connectivity index (χ0v) is 13.6. The first kappa shape index (κ1) is 13.8. The summed E-state index contributed by atoms with van der Waals surface area (Å²) in [5, 5.41) is 5.95. The highest BCUT2D eigenvalue weighted by atomic mass is 79.9. The number of rotatable bonds is 4. The van der Waals surface area contributed by atoms with Crippen LogP contribution in [0.5, 0.6) is 0 Å². The van der Waals surface area contributed by atoms with Gasteiger partial charge in [0.15, 0.2) is 0 Å². The van der Waals surface area contributed by atoms with Gasteiger partial charge in [-0.25, -0.2) is 4.98 Å². The minimum atomic E-state index is 0.301. The SMILES string of the molecule is CN(C)C1(CNc2nccc3c(Br)cccc23)CCC1. The van der Waals surface area contributed by atoms with Gasteiger partial charge < -0.3 is 10.2 Å². The second-order valence-electron chi connectivity index (χ2n) is 5.82. The van der Waals surface area contributed by atoms with Gasteiger partial charge in [0.2, 0.25) is 0 Å². The minimum Gasteiger partial charge on any atom is -0.368 e. The van der Waals surface area contributed by atoms with Crippen LogP contribution in [-0.4, -0.2) is 36.1 Å². The van der Waals surface area contributed by atoms with Crippen LogP contribution < -0.4 is 5.32 Å². The molecule has 1 aromatic heterocycles. The van der Waals surface area contributed by atoms with Gasteiger partial charge in [-0.1, -0.05) is 28.1 Å². The number of nitrogens with zero attached hydrogens (tertiary/aromatic N) is 2. The van der Waals surface area contributed by atoms with Crippen molar-refractivity contribution in [2.75, 3.05) is 26.0 Å². The number of nitrogens with one attached hydrogen (secondary N) is 1. The number of benzene rings is 1. The van der Waals surface area contributed by atoms with E-state index in [1.807, 2.05) is 6.20 Å². The van der Waals surface area contributed by atoms with Gasteiger partial charge in [-0.05, 0) is 45.5 Å². The Morgan fingerprint density at radius 2 is 2.05 bits per heavy atom. The third kappa shape index (κ3) is 2.31. The molecular weight excluding hydrogens is 314 g/mol. The van der Waals surface area contributed by atoms with Gasteiger partial charge >= 0.3 is 0 Å². The average molecular weight is 334 g/mol. The topological polar surface area (TPSA) is 28.2 Å². The number of likely N-dealkylation sites (N-methyl/N-ethyl adjacent to an activating group) is 1. The van der Waals surface area contributed by atoms with Crippen LogP contribution >= 0.6 is 15.9 Å². The van der Waals surface area contributed by atoms with E-state index in [1.54, 1.807) is 0 Å². The van der Waals surface area contributed by atoms with E-state index >= 15 is 0 Å². The van der Waals surface area contributed by atoms with Crippen molar-refractivity contribution in [2.45, 2.75) is 24.8 Å². The van der Waals surface area contributed by atoms with Crippen LogP contribution in [0.15, 0.2) is 34.9 Å². The van der Waals surface area contributed by atoms with Crippen LogP contribution in [0.3, 0.4) is 0 Å². The molecule has 0 unspecified atom stereocenters. The van der Waals surface area contributed by atoms with E-state index in [0.29, 0.717) is 5.54 Å². The van der Waals surface area contributed by atoms with E-state index in [4.69, 9.17) is 0 Å². The summed E-state index contributed by atoms with van der Waals surface area (Å²) in [5.74, 6) is 0.983. The Bertz CT molecular complexity index is 620. The number of fused-ring (bicyclic) bond motifs is 1. The maximum Gasteiger partial charge on any atom is 0.133 e. The van der Waals surface area contributed by atoms with Crippen LogP contribution in [-0.2, 0) is 0 Å². The zero-order valence-electron chi connectivity index (χ0n) is 12.0. The molecule has 3 nitrogen and oxygen atoms in total. The molecule has 0 atom stereocenters. The fourth-order valence-corrected chi connectivity index (χ4v) is 3.42. The highest BCUT2D eigenvalue weighted by Gasteiger charge is 2.38. The molecule has 1 fully saturated rings. The van der Waals surface area contributed by atoms with Crippen molar-refractivity contribution in [3.05, 3.63) is 34.9 Å². The van der Waals surface area contributed by atoms with E-state index in [1.165, 1.54) is 30.0 Å². The van der Waals surface area contributed by atoms with Crippen LogP contribution in [0.1, 0.15) is 19.3 Å². The lowest BCUT2D eigenvalue weighted by Gasteiger charge is -2.47. The lowest BCUT2D eigenvalue weighted by molar-refractivity contribution is 0.0738. The summed E-state index contributed by atoms with van der Waals surface area (Å²) in [6.07, 6.45) is 5.73. The molecule has 3 rings (SSSR count). The van der Waals surface area contributed by atoms with Crippen LogP contribution in [0.25, 0.3) is 10.8 Å². The smallest absolute Gasteiger partial charge is 0.133 e. The number of halogens is 1. The molecule has 1 aliphatic carbocycles. The second-order valence-corrected chi connectivity index (χ2v) is 6.67. The van der Waals surface area contributed by atoms with Crippen molar-refractivity contribution in [3.8, 4) is 0 Å². The van der Waals surface area contributed by atoms with Gasteiger partial charge in [-0.3, -0.25) is 0 Å². The number of anilines is 1. The summed E-state index contributed by atoms with van der Waals surface area (Å²) < 4.78 is 1.12. The molecule has 0 bridgehead atoms. The second kappa shape index (κ2) is 5.34. The molecule has 2 aromatic rings. The largest absolute Gasteiger partial charge is 0.368 e. The normalized spacial score (nSPS) is 17.2. The van der Waals surface area contributed by atoms with E-state index in [9.17, 15) is 0 Å². The summed E-state index contributed by atoms with van der Waals surface area (Å²) in [5.41, 5.74) is 0.301. The first-order chi connectivity index (χ1) is 9.62. The van der Waals surface area contributed by atoms with Crippen molar-refractivity contribution in [3.63, 3.8) is 0 Å². The fourth-order valence-electron chi connectivity index (χ4n) is 2.92. The van der Waals surface area contributed by atoms with Gasteiger partial charge in [-0.15, -0.1) is 0 Å². The van der Waals surface area contributed by atoms with E-state index < -0.39 is 0 Å². The molecule has 20 heavy (non-hydrogen) atoms. The molecule has 0 amide bonds. The van der Waals surface area contributed by atoms with Gasteiger partial charge in [0.05, 0.1) is 0 Å². The summed E-state index contributed by atoms with van der Waals surface area (Å²) >= 11 is 3.61. The molecule has 0 aliphatic heterocycles. The maximum atomic E-state index is 4.52. The molecule has 1 saturated carbocycles. The monoisotopic (exact) mass is 333 g/mol. The minimum absolute atomic E-state index is 0.301. The number of hydrogen-bond acceptors (Lipinski definition) is 3. The van der Waals surface area contributed by atoms with Crippen molar-refractivity contribution in [1.82, 2.24) is 9.88 Å². The summed E-state index contributed by atoms with van der Waals surface area (Å²) in [6.45, 7) is 0.957. The third-order valence-electron chi connectivity index (χ3n) is 4.57. The fraction of sp³-hybridized carbons (Fsp3) is 0.438. The molecule has 0 spiro atoms. The standard InChI is InChI=1S/C16H20BrN3/c1-20(2)16(8-4-9-16)11-19-15-13-5-3-6-14(17)12(13)7-10-18-15/h3,5-7,10H,4,8-9,11H2,1-2H3,(H,18,19). The van der Waals surface area contributed by atoms with Gasteiger partial charge in [0, 0.05) is 33.5 Å². The Morgan fingerprint density at radius 1 is 1.25 bits per heavy atom. The molecule has 1 heterocycles. The Kier molecular flexibility index (Phi) is 3.69. The highest BCUT2D eigenvalue weighted by Crippen LogP contribution is 2.36. The van der Waals surface area contributed by atoms with E-state index in [-0.39, 0.29) is 0 Å². The van der Waals surface area contributed by atoms with Crippen molar-refractivity contribution in [2.24, 2.45) is 0 Å². The molecular formula is C16H20BrN3. The van der Waals surface area contributed by atoms with Gasteiger partial charge in [0.25, 0.3) is 0 Å². The molecule has 1 N–H and O–H groups in total. The van der Waals surface area contributed by atoms with Gasteiger partial charge in [0.1, 0.15) is 5.82 Å². The predicted octanol–water partition coefficient (Wildman–Crippen LogP) is 3.89. The lowest BCUT2D eigenvalue weighted by atomic mass is 9.75. The predicted molar refractivity (Wildman–Crippen MR) is 88.2 cm³/mol. The molecule has 1 aromatic carbocycles. The molecule has 4 heteroatoms. The van der Waals surface area contributed by atoms with Crippen LogP contribution in [0.4, 0.5) is 5.82 Å². The van der Waals surface area contributed by atoms with E-state index in [2.05, 4.69) is 69.5 Å². The van der Waals surface area contributed by atoms with E-state index in [0.717, 1.165) is 16.8 Å². The highest BCUT2D eigenvalue weighted by molar-refractivity contribution is 9.10. The number of pyridine rings is 1. The van der Waals surface area contributed by atoms with Crippen molar-refractivity contribution < 1.29 is 0 Å². The third-order valence-corrected chi connectivity index (χ3v) is 5.26. The molecule has 0 saturated heterocycles. The zero-order chi connectivity index (χ0) is 14.2. The number of hydrogen-bond donors (Lipinski definition) is 1. The average Bonchev–Trinajstić information content (AvgIpc) is 2.38. The molecule has 106 valence electrons. The molecule has 0 radical (unpaired) electrons. The van der Waals surface area contributed by atoms with Crippen LogP contribution in [0, 0.1) is 0 Å². The Balaban J connectivity index is 1.86. The Labute approximate surface area is 128 Å². The van der Waals surface area contributed by atoms with Crippen molar-refractivity contribution >= 4 is 32.5 Å². The maximum absolute atomic E-state index is 4.52.